The fourth-order valence-electron chi connectivity index (χ4n) is 3.81. The molecule has 0 saturated heterocycles. The minimum absolute atomic E-state index is 0.143. The first-order valence-electron chi connectivity index (χ1n) is 8.75. The predicted molar refractivity (Wildman–Crippen MR) is 90.6 cm³/mol. The number of benzene rings is 1. The van der Waals surface area contributed by atoms with Gasteiger partial charge in [0.2, 0.25) is 0 Å². The molecule has 0 spiro atoms. The highest BCUT2D eigenvalue weighted by Gasteiger charge is 2.34. The summed E-state index contributed by atoms with van der Waals surface area (Å²) in [4.78, 5) is 0. The van der Waals surface area contributed by atoms with E-state index in [1.807, 2.05) is 0 Å². The molecule has 0 heterocycles. The summed E-state index contributed by atoms with van der Waals surface area (Å²) in [6.07, 6.45) is 10.1. The van der Waals surface area contributed by atoms with Crippen molar-refractivity contribution in [3.8, 4) is 0 Å². The zero-order valence-corrected chi connectivity index (χ0v) is 14.1. The van der Waals surface area contributed by atoms with Crippen molar-refractivity contribution in [1.29, 1.82) is 0 Å². The Bertz CT molecular complexity index is 441. The molecule has 1 saturated carbocycles. The van der Waals surface area contributed by atoms with E-state index in [1.54, 1.807) is 0 Å². The topological polar surface area (TPSA) is 20.2 Å². The van der Waals surface area contributed by atoms with Crippen LogP contribution < -0.4 is 0 Å². The van der Waals surface area contributed by atoms with Crippen molar-refractivity contribution in [1.82, 2.24) is 0 Å². The standard InChI is InChI=1S/C20H32O/c1-4-5-6-18-9-11-20(15-21,12-10-18)14-19-8-7-16(2)17(3)13-19/h7-8,13,18,21H,4-6,9-12,14-15H2,1-3H3. The molecule has 0 atom stereocenters. The average Bonchev–Trinajstić information content (AvgIpc) is 2.50. The van der Waals surface area contributed by atoms with Crippen LogP contribution in [0.3, 0.4) is 0 Å². The molecule has 21 heavy (non-hydrogen) atoms. The lowest BCUT2D eigenvalue weighted by Crippen LogP contribution is -2.33. The molecule has 0 amide bonds. The monoisotopic (exact) mass is 288 g/mol. The third-order valence-electron chi connectivity index (χ3n) is 5.62. The van der Waals surface area contributed by atoms with Gasteiger partial charge in [0, 0.05) is 6.61 Å². The fourth-order valence-corrected chi connectivity index (χ4v) is 3.81. The molecule has 0 unspecified atom stereocenters. The summed E-state index contributed by atoms with van der Waals surface area (Å²) in [5, 5.41) is 9.99. The first-order valence-corrected chi connectivity index (χ1v) is 8.75. The van der Waals surface area contributed by atoms with E-state index >= 15 is 0 Å². The lowest BCUT2D eigenvalue weighted by Gasteiger charge is -2.39. The maximum atomic E-state index is 9.99. The second-order valence-corrected chi connectivity index (χ2v) is 7.34. The van der Waals surface area contributed by atoms with Crippen molar-refractivity contribution in [2.24, 2.45) is 11.3 Å². The van der Waals surface area contributed by atoms with E-state index < -0.39 is 0 Å². The van der Waals surface area contributed by atoms with Crippen LogP contribution >= 0.6 is 0 Å². The van der Waals surface area contributed by atoms with E-state index in [4.69, 9.17) is 0 Å². The normalized spacial score (nSPS) is 26.0. The van der Waals surface area contributed by atoms with Gasteiger partial charge in [0.15, 0.2) is 0 Å². The highest BCUT2D eigenvalue weighted by atomic mass is 16.3. The first-order chi connectivity index (χ1) is 10.1. The van der Waals surface area contributed by atoms with Gasteiger partial charge >= 0.3 is 0 Å². The molecule has 1 N–H and O–H groups in total. The van der Waals surface area contributed by atoms with Crippen LogP contribution in [0.5, 0.6) is 0 Å². The van der Waals surface area contributed by atoms with Gasteiger partial charge < -0.3 is 5.11 Å². The molecular weight excluding hydrogens is 256 g/mol. The van der Waals surface area contributed by atoms with Gasteiger partial charge in [0.25, 0.3) is 0 Å². The van der Waals surface area contributed by atoms with Crippen molar-refractivity contribution in [2.75, 3.05) is 6.61 Å². The molecule has 118 valence electrons. The van der Waals surface area contributed by atoms with E-state index in [0.717, 1.165) is 12.3 Å². The van der Waals surface area contributed by atoms with Crippen molar-refractivity contribution >= 4 is 0 Å². The van der Waals surface area contributed by atoms with Crippen LogP contribution in [-0.2, 0) is 6.42 Å². The quantitative estimate of drug-likeness (QED) is 0.762. The SMILES string of the molecule is CCCCC1CCC(CO)(Cc2ccc(C)c(C)c2)CC1. The molecule has 2 rings (SSSR count). The van der Waals surface area contributed by atoms with Crippen LogP contribution in [0.15, 0.2) is 18.2 Å². The highest BCUT2D eigenvalue weighted by molar-refractivity contribution is 5.30. The first kappa shape index (κ1) is 16.5. The molecule has 1 nitrogen and oxygen atoms in total. The lowest BCUT2D eigenvalue weighted by molar-refractivity contribution is 0.0620. The number of hydrogen-bond acceptors (Lipinski definition) is 1. The second kappa shape index (κ2) is 7.45. The Kier molecular flexibility index (Phi) is 5.87. The summed E-state index contributed by atoms with van der Waals surface area (Å²) in [5.41, 5.74) is 4.28. The van der Waals surface area contributed by atoms with Crippen LogP contribution in [0.1, 0.15) is 68.6 Å². The molecule has 1 aromatic rings. The lowest BCUT2D eigenvalue weighted by atomic mass is 9.67. The van der Waals surface area contributed by atoms with Crippen molar-refractivity contribution < 1.29 is 5.11 Å². The van der Waals surface area contributed by atoms with Crippen LogP contribution in [0, 0.1) is 25.2 Å². The number of aliphatic hydroxyl groups excluding tert-OH is 1. The number of aliphatic hydroxyl groups is 1. The molecule has 0 bridgehead atoms. The zero-order valence-electron chi connectivity index (χ0n) is 14.1. The Labute approximate surface area is 130 Å². The van der Waals surface area contributed by atoms with E-state index in [2.05, 4.69) is 39.0 Å². The Morgan fingerprint density at radius 3 is 2.43 bits per heavy atom. The summed E-state index contributed by atoms with van der Waals surface area (Å²) in [6.45, 7) is 6.98. The number of unbranched alkanes of at least 4 members (excludes halogenated alkanes) is 1. The van der Waals surface area contributed by atoms with Gasteiger partial charge in [-0.3, -0.25) is 0 Å². The molecule has 1 aliphatic carbocycles. The largest absolute Gasteiger partial charge is 0.396 e. The summed E-state index contributed by atoms with van der Waals surface area (Å²) in [7, 11) is 0. The van der Waals surface area contributed by atoms with E-state index in [0.29, 0.717) is 6.61 Å². The second-order valence-electron chi connectivity index (χ2n) is 7.34. The van der Waals surface area contributed by atoms with Gasteiger partial charge in [-0.15, -0.1) is 0 Å². The molecule has 1 aromatic carbocycles. The van der Waals surface area contributed by atoms with Crippen LogP contribution in [0.4, 0.5) is 0 Å². The molecule has 1 fully saturated rings. The van der Waals surface area contributed by atoms with Gasteiger partial charge in [0.05, 0.1) is 0 Å². The number of hydrogen-bond donors (Lipinski definition) is 1. The molecule has 1 aliphatic rings. The Morgan fingerprint density at radius 2 is 1.86 bits per heavy atom. The van der Waals surface area contributed by atoms with Crippen LogP contribution in [0.25, 0.3) is 0 Å². The summed E-state index contributed by atoms with van der Waals surface area (Å²) < 4.78 is 0. The Morgan fingerprint density at radius 1 is 1.14 bits per heavy atom. The van der Waals surface area contributed by atoms with Gasteiger partial charge in [0.1, 0.15) is 0 Å². The smallest absolute Gasteiger partial charge is 0.0490 e. The molecule has 0 aromatic heterocycles. The van der Waals surface area contributed by atoms with Crippen LogP contribution in [-0.4, -0.2) is 11.7 Å². The highest BCUT2D eigenvalue weighted by Crippen LogP contribution is 2.42. The van der Waals surface area contributed by atoms with E-state index in [1.165, 1.54) is 61.6 Å². The number of aryl methyl sites for hydroxylation is 2. The molecule has 0 radical (unpaired) electrons. The number of rotatable bonds is 6. The summed E-state index contributed by atoms with van der Waals surface area (Å²) in [5.74, 6) is 0.907. The van der Waals surface area contributed by atoms with E-state index in [-0.39, 0.29) is 5.41 Å². The Balaban J connectivity index is 1.98. The van der Waals surface area contributed by atoms with Crippen LogP contribution in [0.2, 0.25) is 0 Å². The van der Waals surface area contributed by atoms with Gasteiger partial charge in [-0.1, -0.05) is 44.4 Å². The Hall–Kier alpha value is -0.820. The maximum Gasteiger partial charge on any atom is 0.0490 e. The van der Waals surface area contributed by atoms with Gasteiger partial charge in [-0.05, 0) is 74.0 Å². The third kappa shape index (κ3) is 4.32. The van der Waals surface area contributed by atoms with Crippen molar-refractivity contribution in [2.45, 2.75) is 72.1 Å². The summed E-state index contributed by atoms with van der Waals surface area (Å²) >= 11 is 0. The van der Waals surface area contributed by atoms with Gasteiger partial charge in [-0.2, -0.15) is 0 Å². The minimum atomic E-state index is 0.143. The van der Waals surface area contributed by atoms with Gasteiger partial charge in [-0.25, -0.2) is 0 Å². The predicted octanol–water partition coefficient (Wildman–Crippen LogP) is 5.21. The molecular formula is C20H32O. The molecule has 1 heteroatoms. The average molecular weight is 288 g/mol. The van der Waals surface area contributed by atoms with Crippen molar-refractivity contribution in [3.63, 3.8) is 0 Å². The van der Waals surface area contributed by atoms with E-state index in [9.17, 15) is 5.11 Å². The summed E-state index contributed by atoms with van der Waals surface area (Å²) in [6, 6.07) is 6.79. The molecule has 0 aliphatic heterocycles. The zero-order chi connectivity index (χ0) is 15.3. The third-order valence-corrected chi connectivity index (χ3v) is 5.62. The fraction of sp³-hybridized carbons (Fsp3) is 0.700. The van der Waals surface area contributed by atoms with Crippen molar-refractivity contribution in [3.05, 3.63) is 34.9 Å². The minimum Gasteiger partial charge on any atom is -0.396 e. The maximum absolute atomic E-state index is 9.99.